The first kappa shape index (κ1) is 27.4. The van der Waals surface area contributed by atoms with Crippen LogP contribution in [-0.2, 0) is 16.0 Å². The highest BCUT2D eigenvalue weighted by Gasteiger charge is 2.20. The van der Waals surface area contributed by atoms with Crippen LogP contribution in [-0.4, -0.2) is 70.0 Å². The fraction of sp³-hybridized carbons (Fsp3) is 0.682. The van der Waals surface area contributed by atoms with E-state index in [9.17, 15) is 0 Å². The van der Waals surface area contributed by atoms with Crippen molar-refractivity contribution in [1.82, 2.24) is 15.5 Å². The average Bonchev–Trinajstić information content (AvgIpc) is 2.74. The van der Waals surface area contributed by atoms with Crippen LogP contribution in [0.2, 0.25) is 5.02 Å². The summed E-state index contributed by atoms with van der Waals surface area (Å²) in [7, 11) is 1.81. The molecule has 0 aliphatic carbocycles. The number of ether oxygens (including phenoxy) is 2. The fourth-order valence-corrected chi connectivity index (χ4v) is 3.41. The third-order valence-electron chi connectivity index (χ3n) is 5.02. The highest BCUT2D eigenvalue weighted by atomic mass is 127. The maximum Gasteiger partial charge on any atom is 0.191 e. The first-order valence-corrected chi connectivity index (χ1v) is 11.2. The van der Waals surface area contributed by atoms with E-state index < -0.39 is 0 Å². The predicted molar refractivity (Wildman–Crippen MR) is 136 cm³/mol. The summed E-state index contributed by atoms with van der Waals surface area (Å²) in [5, 5.41) is 7.66. The van der Waals surface area contributed by atoms with Gasteiger partial charge in [0, 0.05) is 50.9 Å². The van der Waals surface area contributed by atoms with Crippen LogP contribution < -0.4 is 10.6 Å². The van der Waals surface area contributed by atoms with Gasteiger partial charge in [-0.1, -0.05) is 37.1 Å². The number of nitrogens with one attached hydrogen (secondary N) is 2. The average molecular weight is 553 g/mol. The zero-order chi connectivity index (χ0) is 20.7. The molecule has 1 fully saturated rings. The Bertz CT molecular complexity index is 581. The fourth-order valence-electron chi connectivity index (χ4n) is 3.28. The molecule has 0 bridgehead atoms. The molecule has 1 saturated heterocycles. The summed E-state index contributed by atoms with van der Waals surface area (Å²) in [6.07, 6.45) is 4.50. The van der Waals surface area contributed by atoms with Gasteiger partial charge in [-0.2, -0.15) is 0 Å². The van der Waals surface area contributed by atoms with E-state index in [1.807, 2.05) is 19.2 Å². The Morgan fingerprint density at radius 3 is 2.40 bits per heavy atom. The van der Waals surface area contributed by atoms with Crippen molar-refractivity contribution in [1.29, 1.82) is 0 Å². The minimum absolute atomic E-state index is 0. The van der Waals surface area contributed by atoms with Crippen molar-refractivity contribution in [2.24, 2.45) is 4.99 Å². The van der Waals surface area contributed by atoms with Crippen molar-refractivity contribution in [3.8, 4) is 0 Å². The minimum Gasteiger partial charge on any atom is -0.379 e. The maximum atomic E-state index is 5.97. The van der Waals surface area contributed by atoms with E-state index in [1.165, 1.54) is 5.56 Å². The molecule has 8 heteroatoms. The maximum absolute atomic E-state index is 5.97. The zero-order valence-corrected chi connectivity index (χ0v) is 21.5. The van der Waals surface area contributed by atoms with Crippen LogP contribution in [0.4, 0.5) is 0 Å². The second-order valence-electron chi connectivity index (χ2n) is 7.40. The largest absolute Gasteiger partial charge is 0.379 e. The first-order valence-electron chi connectivity index (χ1n) is 10.8. The molecular weight excluding hydrogens is 515 g/mol. The second-order valence-corrected chi connectivity index (χ2v) is 7.83. The number of halogens is 2. The summed E-state index contributed by atoms with van der Waals surface area (Å²) < 4.78 is 11.1. The van der Waals surface area contributed by atoms with E-state index in [0.29, 0.717) is 25.9 Å². The van der Waals surface area contributed by atoms with Gasteiger partial charge in [-0.3, -0.25) is 9.89 Å². The van der Waals surface area contributed by atoms with Gasteiger partial charge in [0.05, 0.1) is 19.8 Å². The van der Waals surface area contributed by atoms with Gasteiger partial charge in [0.1, 0.15) is 0 Å². The molecule has 2 N–H and O–H groups in total. The number of likely N-dealkylation sites (tertiary alicyclic amines) is 1. The van der Waals surface area contributed by atoms with Crippen molar-refractivity contribution < 1.29 is 9.47 Å². The molecule has 30 heavy (non-hydrogen) atoms. The van der Waals surface area contributed by atoms with Crippen LogP contribution in [0.5, 0.6) is 0 Å². The smallest absolute Gasteiger partial charge is 0.191 e. The van der Waals surface area contributed by atoms with Gasteiger partial charge in [0.2, 0.25) is 0 Å². The third-order valence-corrected chi connectivity index (χ3v) is 5.28. The highest BCUT2D eigenvalue weighted by Crippen LogP contribution is 2.15. The molecule has 1 aromatic rings. The molecule has 2 rings (SSSR count). The summed E-state index contributed by atoms with van der Waals surface area (Å²) in [6.45, 7) is 8.84. The Morgan fingerprint density at radius 2 is 1.77 bits per heavy atom. The normalized spacial score (nSPS) is 15.6. The number of piperidine rings is 1. The Morgan fingerprint density at radius 1 is 1.10 bits per heavy atom. The predicted octanol–water partition coefficient (Wildman–Crippen LogP) is 3.92. The van der Waals surface area contributed by atoms with E-state index >= 15 is 0 Å². The lowest BCUT2D eigenvalue weighted by Crippen LogP contribution is -2.49. The van der Waals surface area contributed by atoms with Crippen LogP contribution in [0.25, 0.3) is 0 Å². The molecule has 0 atom stereocenters. The summed E-state index contributed by atoms with van der Waals surface area (Å²) in [5.41, 5.74) is 1.31. The number of aliphatic imine (C=N–C) groups is 1. The van der Waals surface area contributed by atoms with Gasteiger partial charge in [-0.15, -0.1) is 24.0 Å². The lowest BCUT2D eigenvalue weighted by atomic mass is 10.0. The van der Waals surface area contributed by atoms with Gasteiger partial charge in [0.25, 0.3) is 0 Å². The molecule has 0 unspecified atom stereocenters. The van der Waals surface area contributed by atoms with E-state index in [0.717, 1.165) is 69.5 Å². The Labute approximate surface area is 204 Å². The van der Waals surface area contributed by atoms with Gasteiger partial charge in [0.15, 0.2) is 5.96 Å². The quantitative estimate of drug-likeness (QED) is 0.178. The molecular formula is C22H38ClIN4O2. The molecule has 0 spiro atoms. The number of benzene rings is 1. The van der Waals surface area contributed by atoms with E-state index in [4.69, 9.17) is 21.1 Å². The lowest BCUT2D eigenvalue weighted by Gasteiger charge is -2.33. The molecule has 0 saturated carbocycles. The van der Waals surface area contributed by atoms with E-state index in [2.05, 4.69) is 39.6 Å². The molecule has 1 aliphatic rings. The van der Waals surface area contributed by atoms with Gasteiger partial charge < -0.3 is 20.1 Å². The van der Waals surface area contributed by atoms with Crippen LogP contribution in [0, 0.1) is 0 Å². The van der Waals surface area contributed by atoms with E-state index in [-0.39, 0.29) is 24.0 Å². The SMILES string of the molecule is CCCCOCCOCCNC(=NC)NC1CCN(Cc2ccc(Cl)cc2)CC1.I. The second kappa shape index (κ2) is 17.0. The number of rotatable bonds is 12. The van der Waals surface area contributed by atoms with Crippen molar-refractivity contribution >= 4 is 41.5 Å². The number of guanidine groups is 1. The van der Waals surface area contributed by atoms with Crippen molar-refractivity contribution in [3.05, 3.63) is 34.9 Å². The van der Waals surface area contributed by atoms with Crippen LogP contribution >= 0.6 is 35.6 Å². The third kappa shape index (κ3) is 11.7. The van der Waals surface area contributed by atoms with E-state index in [1.54, 1.807) is 0 Å². The Hall–Kier alpha value is -0.610. The van der Waals surface area contributed by atoms with Gasteiger partial charge >= 0.3 is 0 Å². The molecule has 0 aromatic heterocycles. The molecule has 0 amide bonds. The zero-order valence-electron chi connectivity index (χ0n) is 18.4. The summed E-state index contributed by atoms with van der Waals surface area (Å²) in [5.74, 6) is 0.851. The first-order chi connectivity index (χ1) is 14.2. The van der Waals surface area contributed by atoms with Crippen molar-refractivity contribution in [3.63, 3.8) is 0 Å². The number of hydrogen-bond donors (Lipinski definition) is 2. The molecule has 0 radical (unpaired) electrons. The number of unbranched alkanes of at least 4 members (excludes halogenated alkanes) is 1. The number of nitrogens with zero attached hydrogens (tertiary/aromatic N) is 2. The highest BCUT2D eigenvalue weighted by molar-refractivity contribution is 14.0. The topological polar surface area (TPSA) is 58.1 Å². The van der Waals surface area contributed by atoms with Gasteiger partial charge in [-0.05, 0) is 37.0 Å². The summed E-state index contributed by atoms with van der Waals surface area (Å²) in [4.78, 5) is 6.83. The summed E-state index contributed by atoms with van der Waals surface area (Å²) >= 11 is 5.97. The molecule has 1 heterocycles. The van der Waals surface area contributed by atoms with Crippen molar-refractivity contribution in [2.75, 3.05) is 53.1 Å². The monoisotopic (exact) mass is 552 g/mol. The summed E-state index contributed by atoms with van der Waals surface area (Å²) in [6, 6.07) is 8.60. The molecule has 1 aliphatic heterocycles. The molecule has 6 nitrogen and oxygen atoms in total. The van der Waals surface area contributed by atoms with Gasteiger partial charge in [-0.25, -0.2) is 0 Å². The Kier molecular flexibility index (Phi) is 15.5. The number of hydrogen-bond acceptors (Lipinski definition) is 4. The standard InChI is InChI=1S/C22H37ClN4O2.HI/c1-3-4-14-28-16-17-29-15-11-25-22(24-2)26-21-9-12-27(13-10-21)18-19-5-7-20(23)8-6-19;/h5-8,21H,3-4,9-18H2,1-2H3,(H2,24,25,26);1H. The molecule has 172 valence electrons. The van der Waals surface area contributed by atoms with Crippen LogP contribution in [0.15, 0.2) is 29.3 Å². The van der Waals surface area contributed by atoms with Crippen molar-refractivity contribution in [2.45, 2.75) is 45.2 Å². The lowest BCUT2D eigenvalue weighted by molar-refractivity contribution is 0.0487. The minimum atomic E-state index is 0. The Balaban J connectivity index is 0.00000450. The molecule has 1 aromatic carbocycles. The van der Waals surface area contributed by atoms with Crippen LogP contribution in [0.3, 0.4) is 0 Å². The van der Waals surface area contributed by atoms with Crippen LogP contribution in [0.1, 0.15) is 38.2 Å².